The number of rotatable bonds is 5. The van der Waals surface area contributed by atoms with Crippen molar-refractivity contribution in [2.24, 2.45) is 0 Å². The van der Waals surface area contributed by atoms with E-state index in [2.05, 4.69) is 11.1 Å². The maximum Gasteiger partial charge on any atom is 0.246 e. The first-order valence-corrected chi connectivity index (χ1v) is 12.2. The van der Waals surface area contributed by atoms with Crippen LogP contribution in [0.25, 0.3) is 10.9 Å². The summed E-state index contributed by atoms with van der Waals surface area (Å²) >= 11 is 0. The van der Waals surface area contributed by atoms with Gasteiger partial charge in [0.25, 0.3) is 0 Å². The Bertz CT molecular complexity index is 1460. The maximum atomic E-state index is 13.8. The van der Waals surface area contributed by atoms with Crippen LogP contribution in [0, 0.1) is 5.82 Å². The number of aromatic amines is 1. The lowest BCUT2D eigenvalue weighted by atomic mass is 9.85. The van der Waals surface area contributed by atoms with Crippen LogP contribution in [0.4, 0.5) is 4.39 Å². The first-order valence-electron chi connectivity index (χ1n) is 12.2. The zero-order valence-corrected chi connectivity index (χ0v) is 19.9. The summed E-state index contributed by atoms with van der Waals surface area (Å²) in [5.41, 5.74) is 4.59. The van der Waals surface area contributed by atoms with E-state index in [0.29, 0.717) is 18.8 Å². The monoisotopic (exact) mass is 483 g/mol. The molecule has 2 aliphatic heterocycles. The highest BCUT2D eigenvalue weighted by molar-refractivity contribution is 5.97. The SMILES string of the molecule is CCOc1ccccc1C1c2[nH]c3ccccc3c2CC2C(=O)N(Cc3ccc(F)cc3)CC(=O)N21. The summed E-state index contributed by atoms with van der Waals surface area (Å²) in [5.74, 6) is 0.140. The van der Waals surface area contributed by atoms with Gasteiger partial charge in [-0.05, 0) is 42.3 Å². The fourth-order valence-corrected chi connectivity index (χ4v) is 5.59. The lowest BCUT2D eigenvalue weighted by Gasteiger charge is -2.47. The molecule has 1 fully saturated rings. The predicted molar refractivity (Wildman–Crippen MR) is 134 cm³/mol. The number of para-hydroxylation sites is 2. The smallest absolute Gasteiger partial charge is 0.246 e. The zero-order chi connectivity index (χ0) is 24.8. The number of benzene rings is 3. The normalized spacial score (nSPS) is 19.4. The molecule has 7 heteroatoms. The molecule has 3 aromatic carbocycles. The standard InChI is InChI=1S/C29H26FN3O3/c1-2-36-25-10-6-4-8-21(25)28-27-22(20-7-3-5-9-23(20)31-27)15-24-29(35)32(17-26(34)33(24)28)16-18-11-13-19(30)14-12-18/h3-14,24,28,31H,2,15-17H2,1H3. The molecule has 0 spiro atoms. The second-order valence-corrected chi connectivity index (χ2v) is 9.28. The number of fused-ring (bicyclic) bond motifs is 4. The van der Waals surface area contributed by atoms with Gasteiger partial charge < -0.3 is 19.5 Å². The van der Waals surface area contributed by atoms with Gasteiger partial charge in [0, 0.05) is 35.1 Å². The average molecular weight is 484 g/mol. The third kappa shape index (κ3) is 3.63. The van der Waals surface area contributed by atoms with E-state index in [1.54, 1.807) is 21.9 Å². The highest BCUT2D eigenvalue weighted by Gasteiger charge is 2.48. The number of hydrogen-bond acceptors (Lipinski definition) is 3. The van der Waals surface area contributed by atoms with Crippen LogP contribution in [0.15, 0.2) is 72.8 Å². The van der Waals surface area contributed by atoms with Crippen molar-refractivity contribution in [3.63, 3.8) is 0 Å². The van der Waals surface area contributed by atoms with Crippen molar-refractivity contribution in [3.8, 4) is 5.75 Å². The van der Waals surface area contributed by atoms with Crippen molar-refractivity contribution >= 4 is 22.7 Å². The summed E-state index contributed by atoms with van der Waals surface area (Å²) in [4.78, 5) is 34.4. The minimum absolute atomic E-state index is 0.0322. The van der Waals surface area contributed by atoms with Gasteiger partial charge in [-0.3, -0.25) is 9.59 Å². The summed E-state index contributed by atoms with van der Waals surface area (Å²) in [5, 5.41) is 1.06. The molecular weight excluding hydrogens is 457 g/mol. The molecule has 1 saturated heterocycles. The Labute approximate surface area is 208 Å². The summed E-state index contributed by atoms with van der Waals surface area (Å²) in [6.45, 7) is 2.65. The molecule has 2 atom stereocenters. The molecule has 6 rings (SSSR count). The van der Waals surface area contributed by atoms with Crippen LogP contribution >= 0.6 is 0 Å². The van der Waals surface area contributed by atoms with Gasteiger partial charge in [-0.15, -0.1) is 0 Å². The van der Waals surface area contributed by atoms with E-state index in [0.717, 1.165) is 33.3 Å². The van der Waals surface area contributed by atoms with Crippen molar-refractivity contribution in [1.29, 1.82) is 0 Å². The van der Waals surface area contributed by atoms with Crippen LogP contribution in [0.5, 0.6) is 5.75 Å². The number of amides is 2. The molecule has 0 bridgehead atoms. The molecule has 3 heterocycles. The Morgan fingerprint density at radius 1 is 1.00 bits per heavy atom. The van der Waals surface area contributed by atoms with E-state index in [1.807, 2.05) is 49.4 Å². The highest BCUT2D eigenvalue weighted by Crippen LogP contribution is 2.45. The number of aromatic nitrogens is 1. The minimum Gasteiger partial charge on any atom is -0.494 e. The van der Waals surface area contributed by atoms with Gasteiger partial charge >= 0.3 is 0 Å². The first-order chi connectivity index (χ1) is 17.5. The number of H-pyrrole nitrogens is 1. The predicted octanol–water partition coefficient (Wildman–Crippen LogP) is 4.59. The second kappa shape index (κ2) is 8.82. The number of nitrogens with zero attached hydrogens (tertiary/aromatic N) is 2. The van der Waals surface area contributed by atoms with Gasteiger partial charge in [0.1, 0.15) is 30.2 Å². The van der Waals surface area contributed by atoms with E-state index < -0.39 is 12.1 Å². The van der Waals surface area contributed by atoms with E-state index in [1.165, 1.54) is 12.1 Å². The Morgan fingerprint density at radius 2 is 1.75 bits per heavy atom. The van der Waals surface area contributed by atoms with Crippen LogP contribution in [-0.4, -0.2) is 45.8 Å². The zero-order valence-electron chi connectivity index (χ0n) is 19.9. The highest BCUT2D eigenvalue weighted by atomic mass is 19.1. The van der Waals surface area contributed by atoms with Crippen LogP contribution in [0.1, 0.15) is 35.3 Å². The summed E-state index contributed by atoms with van der Waals surface area (Å²) < 4.78 is 19.4. The lowest BCUT2D eigenvalue weighted by molar-refractivity contribution is -0.159. The Hall–Kier alpha value is -4.13. The van der Waals surface area contributed by atoms with Gasteiger partial charge in [-0.25, -0.2) is 4.39 Å². The molecule has 2 unspecified atom stereocenters. The van der Waals surface area contributed by atoms with Crippen molar-refractivity contribution in [2.45, 2.75) is 32.0 Å². The Morgan fingerprint density at radius 3 is 2.56 bits per heavy atom. The number of hydrogen-bond donors (Lipinski definition) is 1. The Balaban J connectivity index is 1.46. The molecule has 4 aromatic rings. The number of piperazine rings is 1. The van der Waals surface area contributed by atoms with Gasteiger partial charge in [0.2, 0.25) is 11.8 Å². The van der Waals surface area contributed by atoms with Gasteiger partial charge in [0.05, 0.1) is 6.61 Å². The van der Waals surface area contributed by atoms with Gasteiger partial charge in [-0.2, -0.15) is 0 Å². The molecule has 36 heavy (non-hydrogen) atoms. The average Bonchev–Trinajstić information content (AvgIpc) is 3.26. The van der Waals surface area contributed by atoms with Crippen molar-refractivity contribution in [3.05, 3.63) is 101 Å². The molecule has 0 radical (unpaired) electrons. The summed E-state index contributed by atoms with van der Waals surface area (Å²) in [6, 6.07) is 20.7. The molecule has 1 N–H and O–H groups in total. The van der Waals surface area contributed by atoms with Crippen LogP contribution in [-0.2, 0) is 22.6 Å². The van der Waals surface area contributed by atoms with Crippen molar-refractivity contribution < 1.29 is 18.7 Å². The van der Waals surface area contributed by atoms with E-state index >= 15 is 0 Å². The van der Waals surface area contributed by atoms with Gasteiger partial charge in [-0.1, -0.05) is 48.5 Å². The van der Waals surface area contributed by atoms with E-state index in [9.17, 15) is 14.0 Å². The van der Waals surface area contributed by atoms with Crippen molar-refractivity contribution in [1.82, 2.24) is 14.8 Å². The quantitative estimate of drug-likeness (QED) is 0.452. The molecule has 2 aliphatic rings. The van der Waals surface area contributed by atoms with Gasteiger partial charge in [0.15, 0.2) is 0 Å². The summed E-state index contributed by atoms with van der Waals surface area (Å²) in [7, 11) is 0. The number of ether oxygens (including phenoxy) is 1. The molecule has 6 nitrogen and oxygen atoms in total. The van der Waals surface area contributed by atoms with Crippen molar-refractivity contribution in [2.75, 3.05) is 13.2 Å². The molecular formula is C29H26FN3O3. The Kier molecular flexibility index (Phi) is 5.48. The third-order valence-corrected chi connectivity index (χ3v) is 7.14. The lowest BCUT2D eigenvalue weighted by Crippen LogP contribution is -2.62. The molecule has 182 valence electrons. The first kappa shape index (κ1) is 22.3. The number of halogens is 1. The molecule has 0 aliphatic carbocycles. The van der Waals surface area contributed by atoms with E-state index in [-0.39, 0.29) is 30.7 Å². The largest absolute Gasteiger partial charge is 0.494 e. The van der Waals surface area contributed by atoms with E-state index in [4.69, 9.17) is 4.74 Å². The topological polar surface area (TPSA) is 65.6 Å². The van der Waals surface area contributed by atoms with Crippen LogP contribution in [0.3, 0.4) is 0 Å². The summed E-state index contributed by atoms with van der Waals surface area (Å²) in [6.07, 6.45) is 0.428. The fourth-order valence-electron chi connectivity index (χ4n) is 5.59. The van der Waals surface area contributed by atoms with Crippen LogP contribution < -0.4 is 4.74 Å². The fraction of sp³-hybridized carbons (Fsp3) is 0.241. The number of carbonyl (C=O) groups is 2. The molecule has 1 aromatic heterocycles. The second-order valence-electron chi connectivity index (χ2n) is 9.28. The molecule has 2 amide bonds. The van der Waals surface area contributed by atoms with Crippen LogP contribution in [0.2, 0.25) is 0 Å². The minimum atomic E-state index is -0.641. The number of nitrogens with one attached hydrogen (secondary N) is 1. The number of carbonyl (C=O) groups excluding carboxylic acids is 2. The molecule has 0 saturated carbocycles. The maximum absolute atomic E-state index is 13.8. The third-order valence-electron chi connectivity index (χ3n) is 7.14.